The Morgan fingerprint density at radius 2 is 1.84 bits per heavy atom. The molecule has 31 heavy (non-hydrogen) atoms. The van der Waals surface area contributed by atoms with E-state index in [4.69, 9.17) is 9.47 Å². The predicted octanol–water partition coefficient (Wildman–Crippen LogP) is 5.41. The Kier molecular flexibility index (Phi) is 7.56. The molecule has 1 aliphatic rings. The summed E-state index contributed by atoms with van der Waals surface area (Å²) >= 11 is 4.13. The molecule has 0 radical (unpaired) electrons. The van der Waals surface area contributed by atoms with Crippen molar-refractivity contribution >= 4 is 50.7 Å². The predicted molar refractivity (Wildman–Crippen MR) is 124 cm³/mol. The van der Waals surface area contributed by atoms with Crippen molar-refractivity contribution in [2.75, 3.05) is 20.3 Å². The third kappa shape index (κ3) is 5.77. The van der Waals surface area contributed by atoms with E-state index in [0.29, 0.717) is 35.2 Å². The van der Waals surface area contributed by atoms with Crippen molar-refractivity contribution in [3.05, 3.63) is 63.0 Å². The van der Waals surface area contributed by atoms with E-state index in [0.717, 1.165) is 21.1 Å². The monoisotopic (exact) mass is 503 g/mol. The van der Waals surface area contributed by atoms with Crippen molar-refractivity contribution in [3.8, 4) is 11.5 Å². The van der Waals surface area contributed by atoms with E-state index in [1.54, 1.807) is 55.7 Å². The third-order valence-electron chi connectivity index (χ3n) is 4.40. The van der Waals surface area contributed by atoms with Gasteiger partial charge in [-0.3, -0.25) is 19.3 Å². The van der Waals surface area contributed by atoms with Gasteiger partial charge in [0.15, 0.2) is 17.3 Å². The van der Waals surface area contributed by atoms with E-state index < -0.39 is 11.1 Å². The zero-order valence-corrected chi connectivity index (χ0v) is 19.8. The molecular formula is C23H22BrNO5S. The second kappa shape index (κ2) is 10.2. The Hall–Kier alpha value is -2.58. The topological polar surface area (TPSA) is 72.9 Å². The molecule has 1 fully saturated rings. The second-order valence-corrected chi connectivity index (χ2v) is 9.22. The molecule has 0 N–H and O–H groups in total. The number of methoxy groups -OCH3 is 1. The van der Waals surface area contributed by atoms with Gasteiger partial charge >= 0.3 is 0 Å². The van der Waals surface area contributed by atoms with Crippen molar-refractivity contribution in [3.63, 3.8) is 0 Å². The number of ketones is 1. The van der Waals surface area contributed by atoms with E-state index in [2.05, 4.69) is 29.8 Å². The van der Waals surface area contributed by atoms with Crippen LogP contribution in [0.25, 0.3) is 6.08 Å². The summed E-state index contributed by atoms with van der Waals surface area (Å²) in [6.07, 6.45) is 1.61. The maximum atomic E-state index is 12.7. The fourth-order valence-corrected chi connectivity index (χ4v) is 3.91. The van der Waals surface area contributed by atoms with Crippen LogP contribution < -0.4 is 9.47 Å². The van der Waals surface area contributed by atoms with E-state index in [-0.39, 0.29) is 17.2 Å². The molecular weight excluding hydrogens is 482 g/mol. The summed E-state index contributed by atoms with van der Waals surface area (Å²) in [4.78, 5) is 38.8. The summed E-state index contributed by atoms with van der Waals surface area (Å²) in [5, 5.41) is -0.467. The van der Waals surface area contributed by atoms with E-state index in [1.807, 2.05) is 0 Å². The molecule has 0 aliphatic carbocycles. The number of hydrogen-bond donors (Lipinski definition) is 0. The molecule has 0 unspecified atom stereocenters. The fourth-order valence-electron chi connectivity index (χ4n) is 2.81. The van der Waals surface area contributed by atoms with Crippen LogP contribution in [0.15, 0.2) is 51.8 Å². The molecule has 6 nitrogen and oxygen atoms in total. The average molecular weight is 504 g/mol. The molecule has 1 saturated heterocycles. The van der Waals surface area contributed by atoms with Crippen LogP contribution in [-0.4, -0.2) is 42.1 Å². The summed E-state index contributed by atoms with van der Waals surface area (Å²) in [6, 6.07) is 12.1. The number of imide groups is 1. The van der Waals surface area contributed by atoms with Crippen molar-refractivity contribution < 1.29 is 23.9 Å². The highest BCUT2D eigenvalue weighted by atomic mass is 79.9. The molecule has 162 valence electrons. The van der Waals surface area contributed by atoms with Gasteiger partial charge in [0.2, 0.25) is 0 Å². The first kappa shape index (κ1) is 23.1. The van der Waals surface area contributed by atoms with Crippen LogP contribution in [-0.2, 0) is 4.79 Å². The van der Waals surface area contributed by atoms with Crippen LogP contribution >= 0.6 is 27.7 Å². The molecule has 0 spiro atoms. The molecule has 1 aliphatic heterocycles. The van der Waals surface area contributed by atoms with Gasteiger partial charge in [0, 0.05) is 10.0 Å². The Balaban J connectivity index is 1.75. The van der Waals surface area contributed by atoms with Crippen molar-refractivity contribution in [1.29, 1.82) is 0 Å². The van der Waals surface area contributed by atoms with Crippen LogP contribution in [0.4, 0.5) is 4.79 Å². The second-order valence-electron chi connectivity index (χ2n) is 7.31. The number of nitrogens with zero attached hydrogens (tertiary/aromatic N) is 1. The van der Waals surface area contributed by atoms with Gasteiger partial charge in [0.05, 0.1) is 25.2 Å². The molecule has 1 heterocycles. The van der Waals surface area contributed by atoms with Gasteiger partial charge in [-0.2, -0.15) is 0 Å². The van der Waals surface area contributed by atoms with Crippen molar-refractivity contribution in [2.45, 2.75) is 13.8 Å². The molecule has 8 heteroatoms. The Morgan fingerprint density at radius 3 is 2.48 bits per heavy atom. The number of hydrogen-bond acceptors (Lipinski definition) is 6. The lowest BCUT2D eigenvalue weighted by molar-refractivity contribution is -0.122. The van der Waals surface area contributed by atoms with Crippen LogP contribution in [0.1, 0.15) is 29.8 Å². The van der Waals surface area contributed by atoms with E-state index >= 15 is 0 Å². The number of Topliss-reactive ketones (excluding diaryl/α,β-unsaturated/α-hetero) is 1. The first-order valence-corrected chi connectivity index (χ1v) is 11.2. The number of amides is 2. The summed E-state index contributed by atoms with van der Waals surface area (Å²) in [5.74, 6) is 0.737. The maximum absolute atomic E-state index is 12.7. The fraction of sp³-hybridized carbons (Fsp3) is 0.261. The summed E-state index contributed by atoms with van der Waals surface area (Å²) in [6.45, 7) is 4.37. The molecule has 2 amide bonds. The number of ether oxygens (including phenoxy) is 2. The molecule has 0 saturated carbocycles. The van der Waals surface area contributed by atoms with Gasteiger partial charge in [-0.25, -0.2) is 0 Å². The van der Waals surface area contributed by atoms with Gasteiger partial charge in [-0.05, 0) is 53.6 Å². The van der Waals surface area contributed by atoms with Crippen molar-refractivity contribution in [1.82, 2.24) is 4.90 Å². The van der Waals surface area contributed by atoms with Crippen LogP contribution in [0.5, 0.6) is 11.5 Å². The summed E-state index contributed by atoms with van der Waals surface area (Å²) < 4.78 is 12.0. The number of rotatable bonds is 8. The molecule has 3 rings (SSSR count). The van der Waals surface area contributed by atoms with Gasteiger partial charge in [0.1, 0.15) is 0 Å². The number of carbonyl (C=O) groups excluding carboxylic acids is 3. The smallest absolute Gasteiger partial charge is 0.293 e. The van der Waals surface area contributed by atoms with Gasteiger partial charge < -0.3 is 9.47 Å². The standard InChI is InChI=1S/C23H22BrNO5S/c1-14(2)13-30-19-9-4-15(10-20(19)29-3)11-21-22(27)25(23(28)31-21)12-18(26)16-5-7-17(24)8-6-16/h4-11,14H,12-13H2,1-3H3/b21-11-. The average Bonchev–Trinajstić information content (AvgIpc) is 3.00. The lowest BCUT2D eigenvalue weighted by Gasteiger charge is -2.13. The normalized spacial score (nSPS) is 15.1. The van der Waals surface area contributed by atoms with E-state index in [1.165, 1.54) is 0 Å². The lowest BCUT2D eigenvalue weighted by Crippen LogP contribution is -2.33. The molecule has 2 aromatic rings. The zero-order valence-electron chi connectivity index (χ0n) is 17.4. The molecule has 0 atom stereocenters. The Bertz CT molecular complexity index is 1030. The Morgan fingerprint density at radius 1 is 1.13 bits per heavy atom. The highest BCUT2D eigenvalue weighted by molar-refractivity contribution is 9.10. The summed E-state index contributed by atoms with van der Waals surface area (Å²) in [7, 11) is 1.54. The quantitative estimate of drug-likeness (QED) is 0.354. The lowest BCUT2D eigenvalue weighted by atomic mass is 10.1. The maximum Gasteiger partial charge on any atom is 0.293 e. The molecule has 2 aromatic carbocycles. The number of carbonyl (C=O) groups is 3. The van der Waals surface area contributed by atoms with Crippen molar-refractivity contribution in [2.24, 2.45) is 5.92 Å². The first-order chi connectivity index (χ1) is 14.8. The minimum atomic E-state index is -0.487. The highest BCUT2D eigenvalue weighted by Gasteiger charge is 2.36. The minimum absolute atomic E-state index is 0.256. The van der Waals surface area contributed by atoms with Crippen LogP contribution in [0.3, 0.4) is 0 Å². The SMILES string of the molecule is COc1cc(/C=C2\SC(=O)N(CC(=O)c3ccc(Br)cc3)C2=O)ccc1OCC(C)C. The van der Waals surface area contributed by atoms with Gasteiger partial charge in [0.25, 0.3) is 11.1 Å². The number of benzene rings is 2. The number of halogens is 1. The third-order valence-corrected chi connectivity index (χ3v) is 5.84. The largest absolute Gasteiger partial charge is 0.493 e. The van der Waals surface area contributed by atoms with Crippen LogP contribution in [0.2, 0.25) is 0 Å². The zero-order chi connectivity index (χ0) is 22.5. The molecule has 0 bridgehead atoms. The number of thioether (sulfide) groups is 1. The molecule has 0 aromatic heterocycles. The first-order valence-electron chi connectivity index (χ1n) is 9.63. The summed E-state index contributed by atoms with van der Waals surface area (Å²) in [5.41, 5.74) is 1.13. The Labute approximate surface area is 193 Å². The highest BCUT2D eigenvalue weighted by Crippen LogP contribution is 2.34. The van der Waals surface area contributed by atoms with Gasteiger partial charge in [-0.1, -0.05) is 48.0 Å². The van der Waals surface area contributed by atoms with Crippen LogP contribution in [0, 0.1) is 5.92 Å². The van der Waals surface area contributed by atoms with Gasteiger partial charge in [-0.15, -0.1) is 0 Å². The minimum Gasteiger partial charge on any atom is -0.493 e. The van der Waals surface area contributed by atoms with E-state index in [9.17, 15) is 14.4 Å².